The van der Waals surface area contributed by atoms with Crippen molar-refractivity contribution in [3.8, 4) is 11.5 Å². The maximum Gasteiger partial charge on any atom is 0.226 e. The lowest BCUT2D eigenvalue weighted by Gasteiger charge is -2.01. The fourth-order valence-electron chi connectivity index (χ4n) is 2.55. The van der Waals surface area contributed by atoms with Crippen LogP contribution in [0.15, 0.2) is 26.5 Å². The largest absolute Gasteiger partial charge is 0.458 e. The molecular weight excluding hydrogens is 368 g/mol. The van der Waals surface area contributed by atoms with E-state index in [1.807, 2.05) is 19.2 Å². The Labute approximate surface area is 160 Å². The van der Waals surface area contributed by atoms with Crippen molar-refractivity contribution in [2.45, 2.75) is 40.2 Å². The molecule has 8 nitrogen and oxygen atoms in total. The Morgan fingerprint density at radius 3 is 2.78 bits per heavy atom. The second kappa shape index (κ2) is 8.17. The summed E-state index contributed by atoms with van der Waals surface area (Å²) in [6, 6.07) is 3.57. The van der Waals surface area contributed by atoms with Crippen LogP contribution in [0.4, 0.5) is 5.13 Å². The maximum atomic E-state index is 12.2. The fraction of sp³-hybridized carbons (Fsp3) is 0.333. The molecule has 0 radical (unpaired) electrons. The van der Waals surface area contributed by atoms with Crippen LogP contribution in [0, 0.1) is 13.8 Å². The highest BCUT2D eigenvalue weighted by atomic mass is 32.1. The number of nitrogens with one attached hydrogen (secondary N) is 2. The maximum absolute atomic E-state index is 12.2. The summed E-state index contributed by atoms with van der Waals surface area (Å²) >= 11 is 1.33. The minimum absolute atomic E-state index is 0.122. The van der Waals surface area contributed by atoms with E-state index < -0.39 is 0 Å². The lowest BCUT2D eigenvalue weighted by atomic mass is 10.1. The number of aryl methyl sites for hydroxylation is 2. The molecule has 0 aliphatic rings. The Morgan fingerprint density at radius 1 is 1.26 bits per heavy atom. The summed E-state index contributed by atoms with van der Waals surface area (Å²) in [7, 11) is 0. The van der Waals surface area contributed by atoms with Gasteiger partial charge >= 0.3 is 0 Å². The van der Waals surface area contributed by atoms with Crippen LogP contribution in [0.5, 0.6) is 0 Å². The van der Waals surface area contributed by atoms with Crippen molar-refractivity contribution >= 4 is 28.3 Å². The number of carbonyl (C=O) groups excluding carboxylic acids is 2. The molecule has 0 spiro atoms. The lowest BCUT2D eigenvalue weighted by molar-refractivity contribution is -0.119. The second-order valence-electron chi connectivity index (χ2n) is 6.06. The van der Waals surface area contributed by atoms with Crippen molar-refractivity contribution in [1.29, 1.82) is 0 Å². The van der Waals surface area contributed by atoms with E-state index in [9.17, 15) is 9.59 Å². The first kappa shape index (κ1) is 18.8. The summed E-state index contributed by atoms with van der Waals surface area (Å²) in [6.45, 7) is 5.47. The van der Waals surface area contributed by atoms with Crippen LogP contribution in [0.1, 0.15) is 36.1 Å². The third-order valence-electron chi connectivity index (χ3n) is 3.96. The number of aromatic nitrogens is 2. The molecule has 0 atom stereocenters. The minimum Gasteiger partial charge on any atom is -0.458 e. The zero-order valence-corrected chi connectivity index (χ0v) is 16.1. The molecule has 0 aromatic carbocycles. The van der Waals surface area contributed by atoms with Gasteiger partial charge in [0, 0.05) is 24.3 Å². The van der Waals surface area contributed by atoms with E-state index in [-0.39, 0.29) is 11.8 Å². The van der Waals surface area contributed by atoms with Gasteiger partial charge in [0.1, 0.15) is 17.2 Å². The van der Waals surface area contributed by atoms with E-state index in [0.29, 0.717) is 41.7 Å². The Balaban J connectivity index is 1.56. The fourth-order valence-corrected chi connectivity index (χ4v) is 3.26. The van der Waals surface area contributed by atoms with Crippen molar-refractivity contribution < 1.29 is 18.5 Å². The van der Waals surface area contributed by atoms with Crippen LogP contribution in [-0.4, -0.2) is 22.0 Å². The normalized spacial score (nSPS) is 10.8. The van der Waals surface area contributed by atoms with Crippen LogP contribution < -0.4 is 10.6 Å². The molecule has 0 saturated heterocycles. The molecule has 2 amide bonds. The molecule has 0 saturated carbocycles. The zero-order chi connectivity index (χ0) is 19.4. The van der Waals surface area contributed by atoms with Gasteiger partial charge in [-0.25, -0.2) is 4.98 Å². The van der Waals surface area contributed by atoms with Crippen LogP contribution in [0.25, 0.3) is 11.5 Å². The first-order chi connectivity index (χ1) is 12.9. The van der Waals surface area contributed by atoms with Gasteiger partial charge in [-0.3, -0.25) is 9.59 Å². The first-order valence-electron chi connectivity index (χ1n) is 8.43. The highest BCUT2D eigenvalue weighted by molar-refractivity contribution is 7.14. The summed E-state index contributed by atoms with van der Waals surface area (Å²) in [5.74, 6) is 1.72. The quantitative estimate of drug-likeness (QED) is 0.643. The average molecular weight is 388 g/mol. The molecule has 142 valence electrons. The molecule has 3 aromatic heterocycles. The summed E-state index contributed by atoms with van der Waals surface area (Å²) in [5, 5.41) is 11.7. The van der Waals surface area contributed by atoms with Crippen molar-refractivity contribution in [2.24, 2.45) is 0 Å². The molecule has 3 rings (SSSR count). The van der Waals surface area contributed by atoms with Gasteiger partial charge in [0.15, 0.2) is 10.9 Å². The number of thiazole rings is 1. The number of nitrogens with zero attached hydrogens (tertiary/aromatic N) is 2. The zero-order valence-electron chi connectivity index (χ0n) is 15.3. The summed E-state index contributed by atoms with van der Waals surface area (Å²) in [5.41, 5.74) is 2.41. The molecule has 0 aliphatic carbocycles. The topological polar surface area (TPSA) is 110 Å². The number of furan rings is 1. The predicted octanol–water partition coefficient (Wildman–Crippen LogP) is 3.22. The third-order valence-corrected chi connectivity index (χ3v) is 4.72. The van der Waals surface area contributed by atoms with Gasteiger partial charge in [0.05, 0.1) is 12.2 Å². The Hall–Kier alpha value is -2.94. The van der Waals surface area contributed by atoms with E-state index >= 15 is 0 Å². The monoisotopic (exact) mass is 388 g/mol. The first-order valence-corrected chi connectivity index (χ1v) is 9.31. The van der Waals surface area contributed by atoms with Gasteiger partial charge in [0.25, 0.3) is 0 Å². The van der Waals surface area contributed by atoms with E-state index in [0.717, 1.165) is 17.0 Å². The van der Waals surface area contributed by atoms with Gasteiger partial charge < -0.3 is 19.6 Å². The van der Waals surface area contributed by atoms with E-state index in [1.54, 1.807) is 12.1 Å². The number of anilines is 1. The third kappa shape index (κ3) is 4.82. The molecule has 27 heavy (non-hydrogen) atoms. The number of hydrogen-bond acceptors (Lipinski definition) is 7. The Bertz CT molecular complexity index is 937. The average Bonchev–Trinajstić information content (AvgIpc) is 3.33. The van der Waals surface area contributed by atoms with Gasteiger partial charge in [-0.15, -0.1) is 11.3 Å². The van der Waals surface area contributed by atoms with Gasteiger partial charge in [0.2, 0.25) is 11.8 Å². The minimum atomic E-state index is -0.123. The van der Waals surface area contributed by atoms with Crippen molar-refractivity contribution in [3.63, 3.8) is 0 Å². The Kier molecular flexibility index (Phi) is 5.70. The molecule has 2 N–H and O–H groups in total. The van der Waals surface area contributed by atoms with Gasteiger partial charge in [-0.2, -0.15) is 0 Å². The van der Waals surface area contributed by atoms with Crippen LogP contribution >= 0.6 is 11.3 Å². The molecule has 0 fully saturated rings. The molecule has 0 unspecified atom stereocenters. The summed E-state index contributed by atoms with van der Waals surface area (Å²) < 4.78 is 10.8. The highest BCUT2D eigenvalue weighted by Gasteiger charge is 2.14. The molecule has 0 bridgehead atoms. The van der Waals surface area contributed by atoms with Crippen LogP contribution in [0.2, 0.25) is 0 Å². The van der Waals surface area contributed by atoms with Crippen LogP contribution in [-0.2, 0) is 22.6 Å². The van der Waals surface area contributed by atoms with E-state index in [4.69, 9.17) is 8.94 Å². The number of carbonyl (C=O) groups is 2. The van der Waals surface area contributed by atoms with Crippen molar-refractivity contribution in [1.82, 2.24) is 15.5 Å². The van der Waals surface area contributed by atoms with Crippen molar-refractivity contribution in [3.05, 3.63) is 40.3 Å². The number of rotatable bonds is 7. The summed E-state index contributed by atoms with van der Waals surface area (Å²) in [6.07, 6.45) is 0.884. The predicted molar refractivity (Wildman–Crippen MR) is 100 cm³/mol. The second-order valence-corrected chi connectivity index (χ2v) is 6.92. The van der Waals surface area contributed by atoms with E-state index in [2.05, 4.69) is 20.8 Å². The summed E-state index contributed by atoms with van der Waals surface area (Å²) in [4.78, 5) is 27.5. The number of amides is 2. The van der Waals surface area contributed by atoms with Crippen LogP contribution in [0.3, 0.4) is 0 Å². The Morgan fingerprint density at radius 2 is 2.07 bits per heavy atom. The van der Waals surface area contributed by atoms with Gasteiger partial charge in [-0.05, 0) is 32.4 Å². The molecular formula is C18H20N4O4S. The molecule has 3 aromatic rings. The highest BCUT2D eigenvalue weighted by Crippen LogP contribution is 2.27. The van der Waals surface area contributed by atoms with Gasteiger partial charge in [-0.1, -0.05) is 5.16 Å². The molecule has 3 heterocycles. The van der Waals surface area contributed by atoms with Crippen molar-refractivity contribution in [2.75, 3.05) is 5.32 Å². The molecule has 0 aliphatic heterocycles. The smallest absolute Gasteiger partial charge is 0.226 e. The lowest BCUT2D eigenvalue weighted by Crippen LogP contribution is -2.18. The standard InChI is InChI=1S/C18H20N4O4S/c1-10-14(11(2)26-22-10)5-7-17(24)21-18-20-15(9-27-18)16-6-4-13(25-16)8-19-12(3)23/h4,6,9H,5,7-8H2,1-3H3,(H,19,23)(H,20,21,24). The van der Waals surface area contributed by atoms with E-state index in [1.165, 1.54) is 18.3 Å². The number of hydrogen-bond donors (Lipinski definition) is 2. The molecule has 9 heteroatoms. The SMILES string of the molecule is CC(=O)NCc1ccc(-c2csc(NC(=O)CCc3c(C)noc3C)n2)o1.